The number of amides is 1. The van der Waals surface area contributed by atoms with Crippen molar-refractivity contribution in [1.82, 2.24) is 5.32 Å². The second-order valence-electron chi connectivity index (χ2n) is 5.15. The monoisotopic (exact) mass is 385 g/mol. The van der Waals surface area contributed by atoms with E-state index in [0.29, 0.717) is 22.3 Å². The number of halogens is 2. The van der Waals surface area contributed by atoms with E-state index in [-0.39, 0.29) is 5.91 Å². The van der Waals surface area contributed by atoms with Crippen LogP contribution in [0.4, 0.5) is 0 Å². The Morgan fingerprint density at radius 1 is 1.21 bits per heavy atom. The van der Waals surface area contributed by atoms with E-state index in [1.165, 1.54) is 0 Å². The van der Waals surface area contributed by atoms with Gasteiger partial charge >= 0.3 is 0 Å². The summed E-state index contributed by atoms with van der Waals surface area (Å²) in [7, 11) is -1.01. The fraction of sp³-hybridized carbons (Fsp3) is 0.235. The molecule has 2 rings (SSSR count). The number of benzene rings is 2. The highest BCUT2D eigenvalue weighted by molar-refractivity contribution is 7.84. The van der Waals surface area contributed by atoms with Crippen molar-refractivity contribution in [2.45, 2.75) is 24.5 Å². The van der Waals surface area contributed by atoms with Gasteiger partial charge < -0.3 is 10.1 Å². The fourth-order valence-corrected chi connectivity index (χ4v) is 2.92. The Morgan fingerprint density at radius 2 is 1.88 bits per heavy atom. The van der Waals surface area contributed by atoms with Gasteiger partial charge in [0.15, 0.2) is 6.10 Å². The standard InChI is InChI=1S/C17H17Cl2NO3S/c1-11(23-16-8-5-13(18)9-15(16)19)17(21)20-10-12-3-6-14(7-4-12)24(2)22/h3-9,11H,10H2,1-2H3,(H,20,21)/t11-,24+/m0/s1. The number of nitrogens with one attached hydrogen (secondary N) is 1. The molecule has 1 N–H and O–H groups in total. The summed E-state index contributed by atoms with van der Waals surface area (Å²) in [5, 5.41) is 3.64. The van der Waals surface area contributed by atoms with Gasteiger partial charge in [-0.3, -0.25) is 9.00 Å². The highest BCUT2D eigenvalue weighted by atomic mass is 35.5. The molecule has 0 radical (unpaired) electrons. The quantitative estimate of drug-likeness (QED) is 0.822. The molecule has 2 aromatic carbocycles. The summed E-state index contributed by atoms with van der Waals surface area (Å²) >= 11 is 11.9. The van der Waals surface area contributed by atoms with Gasteiger partial charge in [-0.05, 0) is 42.8 Å². The molecule has 4 nitrogen and oxygen atoms in total. The normalized spacial score (nSPS) is 13.2. The highest BCUT2D eigenvalue weighted by Crippen LogP contribution is 2.28. The Morgan fingerprint density at radius 3 is 2.46 bits per heavy atom. The van der Waals surface area contributed by atoms with Gasteiger partial charge in [0.05, 0.1) is 5.02 Å². The number of rotatable bonds is 6. The van der Waals surface area contributed by atoms with Gasteiger partial charge in [-0.15, -0.1) is 0 Å². The third-order valence-corrected chi connectivity index (χ3v) is 4.76. The third-order valence-electron chi connectivity index (χ3n) is 3.29. The first kappa shape index (κ1) is 18.8. The number of ether oxygens (including phenoxy) is 1. The topological polar surface area (TPSA) is 55.4 Å². The molecule has 7 heteroatoms. The van der Waals surface area contributed by atoms with Crippen molar-refractivity contribution in [1.29, 1.82) is 0 Å². The Labute approximate surface area is 153 Å². The second-order valence-corrected chi connectivity index (χ2v) is 7.37. The molecular formula is C17H17Cl2NO3S. The minimum atomic E-state index is -1.01. The maximum Gasteiger partial charge on any atom is 0.261 e. The van der Waals surface area contributed by atoms with Crippen molar-refractivity contribution >= 4 is 39.9 Å². The summed E-state index contributed by atoms with van der Waals surface area (Å²) in [5.41, 5.74) is 0.911. The highest BCUT2D eigenvalue weighted by Gasteiger charge is 2.16. The van der Waals surface area contributed by atoms with Gasteiger partial charge in [0.1, 0.15) is 5.75 Å². The lowest BCUT2D eigenvalue weighted by molar-refractivity contribution is -0.127. The molecule has 0 aliphatic heterocycles. The van der Waals surface area contributed by atoms with E-state index in [4.69, 9.17) is 27.9 Å². The van der Waals surface area contributed by atoms with E-state index in [0.717, 1.165) is 10.5 Å². The SMILES string of the molecule is C[C@H](Oc1ccc(Cl)cc1Cl)C(=O)NCc1ccc([S@@](C)=O)cc1. The summed E-state index contributed by atoms with van der Waals surface area (Å²) in [4.78, 5) is 12.9. The maximum absolute atomic E-state index is 12.1. The summed E-state index contributed by atoms with van der Waals surface area (Å²) in [6.07, 6.45) is 0.920. The Balaban J connectivity index is 1.90. The van der Waals surface area contributed by atoms with Gasteiger partial charge in [0.25, 0.3) is 5.91 Å². The van der Waals surface area contributed by atoms with E-state index in [9.17, 15) is 9.00 Å². The van der Waals surface area contributed by atoms with E-state index < -0.39 is 16.9 Å². The molecule has 0 saturated heterocycles. The molecule has 0 aromatic heterocycles. The van der Waals surface area contributed by atoms with E-state index in [1.54, 1.807) is 43.5 Å². The van der Waals surface area contributed by atoms with Gasteiger partial charge in [-0.25, -0.2) is 0 Å². The number of carbonyl (C=O) groups is 1. The lowest BCUT2D eigenvalue weighted by atomic mass is 10.2. The van der Waals surface area contributed by atoms with Crippen molar-refractivity contribution in [3.63, 3.8) is 0 Å². The Hall–Kier alpha value is -1.56. The third kappa shape index (κ3) is 5.23. The fourth-order valence-electron chi connectivity index (χ4n) is 1.95. The van der Waals surface area contributed by atoms with Crippen LogP contribution < -0.4 is 10.1 Å². The molecule has 0 spiro atoms. The number of carbonyl (C=O) groups excluding carboxylic acids is 1. The Bertz CT molecular complexity index is 750. The molecule has 0 aliphatic carbocycles. The second kappa shape index (κ2) is 8.51. The number of hydrogen-bond donors (Lipinski definition) is 1. The molecule has 1 amide bonds. The summed E-state index contributed by atoms with van der Waals surface area (Å²) in [5.74, 6) is 0.141. The van der Waals surface area contributed by atoms with Crippen LogP contribution in [-0.4, -0.2) is 22.5 Å². The van der Waals surface area contributed by atoms with Crippen LogP contribution in [0.1, 0.15) is 12.5 Å². The zero-order valence-corrected chi connectivity index (χ0v) is 15.5. The first-order chi connectivity index (χ1) is 11.4. The van der Waals surface area contributed by atoms with Crippen LogP contribution in [0.25, 0.3) is 0 Å². The van der Waals surface area contributed by atoms with E-state index in [1.807, 2.05) is 12.1 Å². The lowest BCUT2D eigenvalue weighted by Crippen LogP contribution is -2.35. The predicted octanol–water partition coefficient (Wildman–Crippen LogP) is 3.81. The molecule has 0 unspecified atom stereocenters. The van der Waals surface area contributed by atoms with Crippen molar-refractivity contribution in [2.24, 2.45) is 0 Å². The van der Waals surface area contributed by atoms with Crippen LogP contribution in [-0.2, 0) is 22.1 Å². The van der Waals surface area contributed by atoms with E-state index >= 15 is 0 Å². The average molecular weight is 386 g/mol. The molecule has 2 atom stereocenters. The van der Waals surface area contributed by atoms with Crippen molar-refractivity contribution in [3.8, 4) is 5.75 Å². The van der Waals surface area contributed by atoms with Crippen LogP contribution in [0.5, 0.6) is 5.75 Å². The number of hydrogen-bond acceptors (Lipinski definition) is 3. The molecule has 0 saturated carbocycles. The molecular weight excluding hydrogens is 369 g/mol. The van der Waals surface area contributed by atoms with Crippen LogP contribution in [0.15, 0.2) is 47.4 Å². The van der Waals surface area contributed by atoms with Gasteiger partial charge in [-0.1, -0.05) is 35.3 Å². The lowest BCUT2D eigenvalue weighted by Gasteiger charge is -2.16. The maximum atomic E-state index is 12.1. The van der Waals surface area contributed by atoms with Crippen molar-refractivity contribution < 1.29 is 13.7 Å². The van der Waals surface area contributed by atoms with E-state index in [2.05, 4.69) is 5.32 Å². The van der Waals surface area contributed by atoms with Gasteiger partial charge in [0.2, 0.25) is 0 Å². The summed E-state index contributed by atoms with van der Waals surface area (Å²) in [6, 6.07) is 12.1. The molecule has 2 aromatic rings. The average Bonchev–Trinajstić information content (AvgIpc) is 2.55. The van der Waals surface area contributed by atoms with Crippen LogP contribution in [0.2, 0.25) is 10.0 Å². The summed E-state index contributed by atoms with van der Waals surface area (Å²) in [6.45, 7) is 2.00. The van der Waals surface area contributed by atoms with Crippen LogP contribution in [0.3, 0.4) is 0 Å². The van der Waals surface area contributed by atoms with Crippen molar-refractivity contribution in [2.75, 3.05) is 6.26 Å². The molecule has 24 heavy (non-hydrogen) atoms. The zero-order chi connectivity index (χ0) is 17.7. The summed E-state index contributed by atoms with van der Waals surface area (Å²) < 4.78 is 16.9. The first-order valence-electron chi connectivity index (χ1n) is 7.18. The van der Waals surface area contributed by atoms with Crippen LogP contribution in [0, 0.1) is 0 Å². The zero-order valence-electron chi connectivity index (χ0n) is 13.2. The molecule has 0 aliphatic rings. The van der Waals surface area contributed by atoms with Gasteiger partial charge in [-0.2, -0.15) is 0 Å². The van der Waals surface area contributed by atoms with Crippen molar-refractivity contribution in [3.05, 3.63) is 58.1 Å². The Kier molecular flexibility index (Phi) is 6.66. The first-order valence-corrected chi connectivity index (χ1v) is 9.50. The minimum absolute atomic E-state index is 0.260. The largest absolute Gasteiger partial charge is 0.479 e. The predicted molar refractivity (Wildman–Crippen MR) is 97.2 cm³/mol. The molecule has 0 fully saturated rings. The van der Waals surface area contributed by atoms with Crippen LogP contribution >= 0.6 is 23.2 Å². The molecule has 128 valence electrons. The molecule has 0 bridgehead atoms. The molecule has 0 heterocycles. The minimum Gasteiger partial charge on any atom is -0.479 e. The smallest absolute Gasteiger partial charge is 0.261 e. The van der Waals surface area contributed by atoms with Gasteiger partial charge in [0, 0.05) is 33.5 Å².